The van der Waals surface area contributed by atoms with Crippen LogP contribution in [0, 0.1) is 0 Å². The molecule has 0 aliphatic carbocycles. The highest BCUT2D eigenvalue weighted by atomic mass is 79.9. The minimum atomic E-state index is 0.426. The number of likely N-dealkylation sites (tertiary alicyclic amines) is 1. The van der Waals surface area contributed by atoms with Gasteiger partial charge in [-0.05, 0) is 62.3 Å². The van der Waals surface area contributed by atoms with Crippen molar-refractivity contribution >= 4 is 21.6 Å². The van der Waals surface area contributed by atoms with Crippen molar-refractivity contribution in [2.75, 3.05) is 13.1 Å². The van der Waals surface area contributed by atoms with Crippen molar-refractivity contribution in [3.8, 4) is 11.5 Å². The standard InChI is InChI=1S/C20H19BrN6O/c21-16-6-4-15(5-7-16)20-25-23-18(28-20)13-26-11-8-14(9-12-26)19-24-22-17-3-1-2-10-27(17)19/h1-7,10,14H,8-9,11-13H2. The van der Waals surface area contributed by atoms with Crippen LogP contribution in [0.3, 0.4) is 0 Å². The van der Waals surface area contributed by atoms with Gasteiger partial charge in [0.05, 0.1) is 6.54 Å². The molecule has 0 bridgehead atoms. The Balaban J connectivity index is 1.22. The number of pyridine rings is 1. The molecule has 8 heteroatoms. The van der Waals surface area contributed by atoms with Gasteiger partial charge in [-0.3, -0.25) is 9.30 Å². The van der Waals surface area contributed by atoms with Gasteiger partial charge in [0.25, 0.3) is 0 Å². The van der Waals surface area contributed by atoms with Gasteiger partial charge in [0, 0.05) is 22.2 Å². The molecule has 5 rings (SSSR count). The van der Waals surface area contributed by atoms with Gasteiger partial charge in [0.2, 0.25) is 11.8 Å². The quantitative estimate of drug-likeness (QED) is 0.480. The number of fused-ring (bicyclic) bond motifs is 1. The third-order valence-corrected chi connectivity index (χ3v) is 5.74. The first-order valence-electron chi connectivity index (χ1n) is 9.36. The number of hydrogen-bond donors (Lipinski definition) is 0. The molecule has 0 unspecified atom stereocenters. The molecule has 7 nitrogen and oxygen atoms in total. The Labute approximate surface area is 170 Å². The lowest BCUT2D eigenvalue weighted by Gasteiger charge is -2.30. The second-order valence-corrected chi connectivity index (χ2v) is 7.96. The fourth-order valence-electron chi connectivity index (χ4n) is 3.71. The molecule has 1 saturated heterocycles. The van der Waals surface area contributed by atoms with Crippen molar-refractivity contribution in [3.63, 3.8) is 0 Å². The van der Waals surface area contributed by atoms with E-state index in [9.17, 15) is 0 Å². The van der Waals surface area contributed by atoms with Crippen LogP contribution >= 0.6 is 15.9 Å². The normalized spacial score (nSPS) is 16.0. The Hall–Kier alpha value is -2.58. The number of halogens is 1. The average molecular weight is 439 g/mol. The molecular weight excluding hydrogens is 420 g/mol. The van der Waals surface area contributed by atoms with Crippen LogP contribution in [0.5, 0.6) is 0 Å². The molecule has 0 atom stereocenters. The minimum Gasteiger partial charge on any atom is -0.419 e. The molecule has 0 spiro atoms. The van der Waals surface area contributed by atoms with Crippen LogP contribution in [0.2, 0.25) is 0 Å². The summed E-state index contributed by atoms with van der Waals surface area (Å²) in [5.74, 6) is 2.71. The van der Waals surface area contributed by atoms with Crippen LogP contribution in [-0.4, -0.2) is 42.8 Å². The first kappa shape index (κ1) is 17.5. The first-order chi connectivity index (χ1) is 13.8. The summed E-state index contributed by atoms with van der Waals surface area (Å²) in [4.78, 5) is 2.36. The van der Waals surface area contributed by atoms with Crippen LogP contribution in [0.4, 0.5) is 0 Å². The Morgan fingerprint density at radius 1 is 0.964 bits per heavy atom. The van der Waals surface area contributed by atoms with Crippen molar-refractivity contribution in [3.05, 3.63) is 64.8 Å². The van der Waals surface area contributed by atoms with E-state index in [2.05, 4.69) is 45.6 Å². The van der Waals surface area contributed by atoms with Crippen LogP contribution in [0.15, 0.2) is 57.6 Å². The van der Waals surface area contributed by atoms with E-state index in [4.69, 9.17) is 4.42 Å². The zero-order chi connectivity index (χ0) is 18.9. The zero-order valence-corrected chi connectivity index (χ0v) is 16.8. The number of hydrogen-bond acceptors (Lipinski definition) is 6. The van der Waals surface area contributed by atoms with Gasteiger partial charge in [0.1, 0.15) is 5.82 Å². The van der Waals surface area contributed by atoms with Gasteiger partial charge in [-0.25, -0.2) is 0 Å². The third kappa shape index (κ3) is 3.45. The molecule has 28 heavy (non-hydrogen) atoms. The van der Waals surface area contributed by atoms with Crippen LogP contribution in [0.25, 0.3) is 17.1 Å². The summed E-state index contributed by atoms with van der Waals surface area (Å²) >= 11 is 3.44. The van der Waals surface area contributed by atoms with E-state index >= 15 is 0 Å². The van der Waals surface area contributed by atoms with E-state index in [1.54, 1.807) is 0 Å². The molecule has 1 aliphatic heterocycles. The number of rotatable bonds is 4. The van der Waals surface area contributed by atoms with Gasteiger partial charge in [0.15, 0.2) is 5.65 Å². The summed E-state index contributed by atoms with van der Waals surface area (Å²) in [6.45, 7) is 2.63. The van der Waals surface area contributed by atoms with Crippen molar-refractivity contribution in [1.82, 2.24) is 29.7 Å². The van der Waals surface area contributed by atoms with Gasteiger partial charge < -0.3 is 4.42 Å². The van der Waals surface area contributed by atoms with E-state index in [0.717, 1.165) is 47.4 Å². The molecule has 142 valence electrons. The zero-order valence-electron chi connectivity index (χ0n) is 15.2. The van der Waals surface area contributed by atoms with Gasteiger partial charge in [-0.15, -0.1) is 20.4 Å². The van der Waals surface area contributed by atoms with E-state index in [0.29, 0.717) is 24.2 Å². The Morgan fingerprint density at radius 2 is 1.79 bits per heavy atom. The fraction of sp³-hybridized carbons (Fsp3) is 0.300. The Bertz CT molecular complexity index is 1080. The smallest absolute Gasteiger partial charge is 0.247 e. The monoisotopic (exact) mass is 438 g/mol. The average Bonchev–Trinajstić information content (AvgIpc) is 3.36. The highest BCUT2D eigenvalue weighted by molar-refractivity contribution is 9.10. The lowest BCUT2D eigenvalue weighted by atomic mass is 9.96. The second-order valence-electron chi connectivity index (χ2n) is 7.05. The maximum absolute atomic E-state index is 5.86. The summed E-state index contributed by atoms with van der Waals surface area (Å²) < 4.78 is 8.99. The summed E-state index contributed by atoms with van der Waals surface area (Å²) in [6.07, 6.45) is 4.13. The SMILES string of the molecule is Brc1ccc(-c2nnc(CN3CCC(c4nnc5ccccn45)CC3)o2)cc1. The highest BCUT2D eigenvalue weighted by Gasteiger charge is 2.25. The van der Waals surface area contributed by atoms with Crippen molar-refractivity contribution in [2.24, 2.45) is 0 Å². The molecule has 1 aromatic carbocycles. The molecule has 3 aromatic heterocycles. The largest absolute Gasteiger partial charge is 0.419 e. The van der Waals surface area contributed by atoms with Gasteiger partial charge in [-0.1, -0.05) is 22.0 Å². The molecule has 1 aliphatic rings. The maximum atomic E-state index is 5.86. The van der Waals surface area contributed by atoms with Crippen molar-refractivity contribution < 1.29 is 4.42 Å². The lowest BCUT2D eigenvalue weighted by molar-refractivity contribution is 0.185. The topological polar surface area (TPSA) is 72.4 Å². The molecule has 0 radical (unpaired) electrons. The van der Waals surface area contributed by atoms with Crippen molar-refractivity contribution in [1.29, 1.82) is 0 Å². The third-order valence-electron chi connectivity index (χ3n) is 5.21. The molecule has 4 aromatic rings. The minimum absolute atomic E-state index is 0.426. The first-order valence-corrected chi connectivity index (χ1v) is 10.2. The van der Waals surface area contributed by atoms with Gasteiger partial charge >= 0.3 is 0 Å². The van der Waals surface area contributed by atoms with Crippen molar-refractivity contribution in [2.45, 2.75) is 25.3 Å². The van der Waals surface area contributed by atoms with E-state index < -0.39 is 0 Å². The maximum Gasteiger partial charge on any atom is 0.247 e. The number of benzene rings is 1. The van der Waals surface area contributed by atoms with E-state index in [-0.39, 0.29) is 0 Å². The molecule has 4 heterocycles. The van der Waals surface area contributed by atoms with E-state index in [1.165, 1.54) is 0 Å². The number of nitrogens with zero attached hydrogens (tertiary/aromatic N) is 6. The van der Waals surface area contributed by atoms with Crippen LogP contribution in [0.1, 0.15) is 30.5 Å². The Morgan fingerprint density at radius 3 is 2.61 bits per heavy atom. The molecular formula is C20H19BrN6O. The Kier molecular flexibility index (Phi) is 4.66. The summed E-state index contributed by atoms with van der Waals surface area (Å²) in [7, 11) is 0. The summed E-state index contributed by atoms with van der Waals surface area (Å²) in [5, 5.41) is 17.1. The lowest BCUT2D eigenvalue weighted by Crippen LogP contribution is -2.33. The number of aromatic nitrogens is 5. The molecule has 1 fully saturated rings. The second kappa shape index (κ2) is 7.44. The predicted molar refractivity (Wildman–Crippen MR) is 108 cm³/mol. The molecule has 0 saturated carbocycles. The number of piperidine rings is 1. The summed E-state index contributed by atoms with van der Waals surface area (Å²) in [5.41, 5.74) is 1.84. The van der Waals surface area contributed by atoms with Gasteiger partial charge in [-0.2, -0.15) is 0 Å². The fourth-order valence-corrected chi connectivity index (χ4v) is 3.97. The summed E-state index contributed by atoms with van der Waals surface area (Å²) in [6, 6.07) is 13.9. The molecule has 0 amide bonds. The predicted octanol–water partition coefficient (Wildman–Crippen LogP) is 3.92. The van der Waals surface area contributed by atoms with Crippen LogP contribution < -0.4 is 0 Å². The van der Waals surface area contributed by atoms with Crippen LogP contribution in [-0.2, 0) is 6.54 Å². The molecule has 0 N–H and O–H groups in total. The van der Waals surface area contributed by atoms with E-state index in [1.807, 2.05) is 48.7 Å². The highest BCUT2D eigenvalue weighted by Crippen LogP contribution is 2.28.